The molecule has 0 radical (unpaired) electrons. The molecule has 0 amide bonds. The zero-order chi connectivity index (χ0) is 19.6. The lowest BCUT2D eigenvalue weighted by atomic mass is 10.1. The number of likely N-dealkylation sites (tertiary alicyclic amines) is 1. The summed E-state index contributed by atoms with van der Waals surface area (Å²) in [5.41, 5.74) is 3.52. The van der Waals surface area contributed by atoms with Gasteiger partial charge in [0.25, 0.3) is 0 Å². The summed E-state index contributed by atoms with van der Waals surface area (Å²) in [6.07, 6.45) is 3.71. The van der Waals surface area contributed by atoms with Gasteiger partial charge in [-0.2, -0.15) is 0 Å². The Kier molecular flexibility index (Phi) is 4.77. The molecule has 0 aliphatic carbocycles. The molecule has 4 aromatic rings. The molecular weight excluding hydrogens is 364 g/mol. The van der Waals surface area contributed by atoms with E-state index < -0.39 is 0 Å². The van der Waals surface area contributed by atoms with E-state index in [9.17, 15) is 0 Å². The van der Waals surface area contributed by atoms with E-state index in [0.717, 1.165) is 43.2 Å². The van der Waals surface area contributed by atoms with E-state index in [4.69, 9.17) is 9.15 Å². The smallest absolute Gasteiger partial charge is 0.221 e. The van der Waals surface area contributed by atoms with Crippen LogP contribution >= 0.6 is 0 Å². The van der Waals surface area contributed by atoms with Gasteiger partial charge in [-0.15, -0.1) is 10.2 Å². The van der Waals surface area contributed by atoms with Gasteiger partial charge in [-0.25, -0.2) is 0 Å². The fourth-order valence-corrected chi connectivity index (χ4v) is 4.20. The largest absolute Gasteiger partial charge is 0.496 e. The van der Waals surface area contributed by atoms with Crippen molar-refractivity contribution < 1.29 is 9.15 Å². The lowest BCUT2D eigenvalue weighted by Crippen LogP contribution is -2.20. The highest BCUT2D eigenvalue weighted by atomic mass is 16.5. The Bertz CT molecular complexity index is 1120. The SMILES string of the molecule is COc1ccccc1CN1CC[C@H](c2nnc(Cc3c[nH]c4ccccc34)o2)C1. The van der Waals surface area contributed by atoms with Crippen LogP contribution in [0.1, 0.15) is 35.2 Å². The minimum atomic E-state index is 0.286. The second-order valence-electron chi connectivity index (χ2n) is 7.60. The van der Waals surface area contributed by atoms with Crippen molar-refractivity contribution in [1.82, 2.24) is 20.1 Å². The summed E-state index contributed by atoms with van der Waals surface area (Å²) in [6, 6.07) is 16.5. The van der Waals surface area contributed by atoms with Crippen LogP contribution in [0.5, 0.6) is 5.75 Å². The Labute approximate surface area is 169 Å². The maximum atomic E-state index is 6.05. The van der Waals surface area contributed by atoms with E-state index in [1.54, 1.807) is 7.11 Å². The van der Waals surface area contributed by atoms with Gasteiger partial charge in [0.2, 0.25) is 11.8 Å². The zero-order valence-electron chi connectivity index (χ0n) is 16.5. The molecule has 0 spiro atoms. The molecule has 148 valence electrons. The molecule has 2 aromatic heterocycles. The number of aromatic amines is 1. The lowest BCUT2D eigenvalue weighted by molar-refractivity contribution is 0.310. The van der Waals surface area contributed by atoms with E-state index in [-0.39, 0.29) is 5.92 Å². The second-order valence-corrected chi connectivity index (χ2v) is 7.60. The normalized spacial score (nSPS) is 17.2. The van der Waals surface area contributed by atoms with Crippen LogP contribution in [0.2, 0.25) is 0 Å². The van der Waals surface area contributed by atoms with Gasteiger partial charge in [-0.3, -0.25) is 4.90 Å². The van der Waals surface area contributed by atoms with Crippen molar-refractivity contribution in [3.05, 3.63) is 77.6 Å². The van der Waals surface area contributed by atoms with Crippen molar-refractivity contribution in [3.8, 4) is 5.75 Å². The Hall–Kier alpha value is -3.12. The highest BCUT2D eigenvalue weighted by molar-refractivity contribution is 5.83. The third-order valence-corrected chi connectivity index (χ3v) is 5.71. The summed E-state index contributed by atoms with van der Waals surface area (Å²) in [5, 5.41) is 9.87. The van der Waals surface area contributed by atoms with E-state index in [1.165, 1.54) is 16.5 Å². The number of H-pyrrole nitrogens is 1. The molecule has 1 N–H and O–H groups in total. The van der Waals surface area contributed by atoms with Crippen LogP contribution in [-0.2, 0) is 13.0 Å². The van der Waals surface area contributed by atoms with Gasteiger partial charge >= 0.3 is 0 Å². The standard InChI is InChI=1S/C23H24N4O2/c1-28-21-9-5-2-6-16(21)14-27-11-10-17(15-27)23-26-25-22(29-23)12-18-13-24-20-8-4-3-7-19(18)20/h2-9,13,17,24H,10-12,14-15H2,1H3/t17-/m0/s1. The van der Waals surface area contributed by atoms with Crippen molar-refractivity contribution in [1.29, 1.82) is 0 Å². The van der Waals surface area contributed by atoms with Crippen molar-refractivity contribution in [2.24, 2.45) is 0 Å². The Morgan fingerprint density at radius 2 is 1.97 bits per heavy atom. The topological polar surface area (TPSA) is 67.2 Å². The van der Waals surface area contributed by atoms with Gasteiger partial charge in [0.05, 0.1) is 19.4 Å². The number of aromatic nitrogens is 3. The summed E-state index contributed by atoms with van der Waals surface area (Å²) in [6.45, 7) is 2.81. The molecule has 1 fully saturated rings. The van der Waals surface area contributed by atoms with Crippen LogP contribution in [0.15, 0.2) is 59.1 Å². The minimum Gasteiger partial charge on any atom is -0.496 e. The first kappa shape index (κ1) is 17.9. The minimum absolute atomic E-state index is 0.286. The van der Waals surface area contributed by atoms with E-state index in [1.807, 2.05) is 30.5 Å². The fourth-order valence-electron chi connectivity index (χ4n) is 4.20. The van der Waals surface area contributed by atoms with Gasteiger partial charge in [-0.05, 0) is 30.7 Å². The molecule has 1 aliphatic heterocycles. The first-order chi connectivity index (χ1) is 14.3. The number of benzene rings is 2. The van der Waals surface area contributed by atoms with Gasteiger partial charge in [0, 0.05) is 35.8 Å². The molecule has 0 unspecified atom stereocenters. The predicted octanol–water partition coefficient (Wildman–Crippen LogP) is 4.14. The first-order valence-corrected chi connectivity index (χ1v) is 10.0. The molecule has 29 heavy (non-hydrogen) atoms. The van der Waals surface area contributed by atoms with Crippen LogP contribution in [0, 0.1) is 0 Å². The molecule has 5 rings (SSSR count). The molecular formula is C23H24N4O2. The Morgan fingerprint density at radius 1 is 1.10 bits per heavy atom. The monoisotopic (exact) mass is 388 g/mol. The number of nitrogens with zero attached hydrogens (tertiary/aromatic N) is 3. The average Bonchev–Trinajstić information content (AvgIpc) is 3.49. The predicted molar refractivity (Wildman–Crippen MR) is 111 cm³/mol. The number of hydrogen-bond acceptors (Lipinski definition) is 5. The van der Waals surface area contributed by atoms with Crippen molar-refractivity contribution in [2.75, 3.05) is 20.2 Å². The van der Waals surface area contributed by atoms with Crippen molar-refractivity contribution in [2.45, 2.75) is 25.3 Å². The van der Waals surface area contributed by atoms with E-state index >= 15 is 0 Å². The second kappa shape index (κ2) is 7.72. The molecule has 0 saturated carbocycles. The molecule has 6 heteroatoms. The van der Waals surface area contributed by atoms with Gasteiger partial charge < -0.3 is 14.1 Å². The van der Waals surface area contributed by atoms with Crippen LogP contribution in [0.4, 0.5) is 0 Å². The molecule has 6 nitrogen and oxygen atoms in total. The molecule has 1 aliphatic rings. The summed E-state index contributed by atoms with van der Waals surface area (Å²) >= 11 is 0. The summed E-state index contributed by atoms with van der Waals surface area (Å²) in [4.78, 5) is 5.72. The summed E-state index contributed by atoms with van der Waals surface area (Å²) < 4.78 is 11.5. The maximum Gasteiger partial charge on any atom is 0.221 e. The third-order valence-electron chi connectivity index (χ3n) is 5.71. The van der Waals surface area contributed by atoms with Crippen LogP contribution in [0.3, 0.4) is 0 Å². The number of methoxy groups -OCH3 is 1. The number of nitrogens with one attached hydrogen (secondary N) is 1. The van der Waals surface area contributed by atoms with Gasteiger partial charge in [0.1, 0.15) is 5.75 Å². The van der Waals surface area contributed by atoms with Crippen LogP contribution in [0.25, 0.3) is 10.9 Å². The van der Waals surface area contributed by atoms with Gasteiger partial charge in [0.15, 0.2) is 0 Å². The average molecular weight is 388 g/mol. The lowest BCUT2D eigenvalue weighted by Gasteiger charge is -2.17. The number of fused-ring (bicyclic) bond motifs is 1. The summed E-state index contributed by atoms with van der Waals surface area (Å²) in [7, 11) is 1.72. The number of ether oxygens (including phenoxy) is 1. The zero-order valence-corrected chi connectivity index (χ0v) is 16.5. The summed E-state index contributed by atoms with van der Waals surface area (Å²) in [5.74, 6) is 2.65. The third kappa shape index (κ3) is 3.63. The Balaban J connectivity index is 1.25. The van der Waals surface area contributed by atoms with Crippen molar-refractivity contribution >= 4 is 10.9 Å². The highest BCUT2D eigenvalue weighted by Crippen LogP contribution is 2.30. The molecule has 1 saturated heterocycles. The van der Waals surface area contributed by atoms with E-state index in [2.05, 4.69) is 44.3 Å². The molecule has 0 bridgehead atoms. The molecule has 1 atom stereocenters. The van der Waals surface area contributed by atoms with Gasteiger partial charge in [-0.1, -0.05) is 36.4 Å². The number of hydrogen-bond donors (Lipinski definition) is 1. The van der Waals surface area contributed by atoms with Crippen molar-refractivity contribution in [3.63, 3.8) is 0 Å². The van der Waals surface area contributed by atoms with E-state index in [0.29, 0.717) is 12.3 Å². The molecule has 3 heterocycles. The quantitative estimate of drug-likeness (QED) is 0.538. The van der Waals surface area contributed by atoms with Crippen LogP contribution in [-0.4, -0.2) is 40.3 Å². The number of rotatable bonds is 6. The van der Waals surface area contributed by atoms with Crippen LogP contribution < -0.4 is 4.74 Å². The number of para-hydroxylation sites is 2. The Morgan fingerprint density at radius 3 is 2.90 bits per heavy atom. The maximum absolute atomic E-state index is 6.05. The first-order valence-electron chi connectivity index (χ1n) is 10.0. The highest BCUT2D eigenvalue weighted by Gasteiger charge is 2.28. The fraction of sp³-hybridized carbons (Fsp3) is 0.304. The molecule has 2 aromatic carbocycles.